The highest BCUT2D eigenvalue weighted by Crippen LogP contribution is 2.51. The average molecular weight is 897 g/mol. The van der Waals surface area contributed by atoms with E-state index in [4.69, 9.17) is 9.72 Å². The second kappa shape index (κ2) is 17.2. The Morgan fingerprint density at radius 3 is 1.81 bits per heavy atom. The maximum Gasteiger partial charge on any atom is 0.137 e. The van der Waals surface area contributed by atoms with E-state index in [1.165, 1.54) is 33.5 Å². The maximum absolute atomic E-state index is 15.5. The third-order valence-corrected chi connectivity index (χ3v) is 13.5. The first kappa shape index (κ1) is 44.6. The van der Waals surface area contributed by atoms with Crippen LogP contribution in [0.25, 0.3) is 49.9 Å². The predicted molar refractivity (Wildman–Crippen MR) is 284 cm³/mol. The van der Waals surface area contributed by atoms with Crippen LogP contribution in [0.1, 0.15) is 103 Å². The zero-order valence-corrected chi connectivity index (χ0v) is 41.0. The monoisotopic (exact) mass is 896 g/mol. The number of para-hydroxylation sites is 3. The van der Waals surface area contributed by atoms with Crippen molar-refractivity contribution in [3.05, 3.63) is 192 Å². The molecule has 0 spiro atoms. The van der Waals surface area contributed by atoms with E-state index in [-0.39, 0.29) is 28.5 Å². The van der Waals surface area contributed by atoms with Crippen molar-refractivity contribution in [3.8, 4) is 39.6 Å². The second-order valence-electron chi connectivity index (χ2n) is 21.0. The Hall–Kier alpha value is -7.18. The van der Waals surface area contributed by atoms with Gasteiger partial charge in [-0.25, -0.2) is 9.37 Å². The van der Waals surface area contributed by atoms with Crippen molar-refractivity contribution in [2.24, 2.45) is 0 Å². The van der Waals surface area contributed by atoms with Crippen molar-refractivity contribution < 1.29 is 9.13 Å². The van der Waals surface area contributed by atoms with Crippen LogP contribution in [0.5, 0.6) is 11.5 Å². The van der Waals surface area contributed by atoms with Gasteiger partial charge in [-0.1, -0.05) is 142 Å². The highest BCUT2D eigenvalue weighted by atomic mass is 19.1. The Labute approximate surface area is 401 Å². The first-order valence-electron chi connectivity index (χ1n) is 24.1. The van der Waals surface area contributed by atoms with E-state index in [1.807, 2.05) is 30.5 Å². The Morgan fingerprint density at radius 1 is 0.544 bits per heavy atom. The molecule has 0 saturated carbocycles. The molecule has 7 aromatic carbocycles. The lowest BCUT2D eigenvalue weighted by Crippen LogP contribution is -2.26. The van der Waals surface area contributed by atoms with Gasteiger partial charge in [-0.05, 0) is 134 Å². The number of fused-ring (bicyclic) bond motifs is 4. The summed E-state index contributed by atoms with van der Waals surface area (Å²) in [5.74, 6) is 2.49. The lowest BCUT2D eigenvalue weighted by molar-refractivity contribution is 0.483. The molecular formula is C62H61FN4O. The molecule has 5 nitrogen and oxygen atoms in total. The van der Waals surface area contributed by atoms with Crippen molar-refractivity contribution in [2.45, 2.75) is 91.9 Å². The van der Waals surface area contributed by atoms with E-state index in [0.717, 1.165) is 67.3 Å². The molecule has 3 heterocycles. The predicted octanol–water partition coefficient (Wildman–Crippen LogP) is 17.5. The molecule has 0 bridgehead atoms. The fourth-order valence-corrected chi connectivity index (χ4v) is 10.3. The smallest absolute Gasteiger partial charge is 0.137 e. The standard InChI is InChI=1S/C62H61FN4O/c1-39(2)49-34-41(46-20-11-13-24-53(46)63)35-50(40(3)4)60(49)66-38-65(55-26-15-16-27-56(55)66)43-32-42(59-51(61(5,6)7)22-19-23-52(59)62(8,9)10)33-45(36-43)68-44-29-30-48-47-21-12-14-25-54(47)67(57(48)37-44)58-28-17-18-31-64-58/h11-37,39-40H,38H2,1-10H3. The normalized spacial score (nSPS) is 13.1. The van der Waals surface area contributed by atoms with Crippen molar-refractivity contribution in [1.82, 2.24) is 9.55 Å². The summed E-state index contributed by atoms with van der Waals surface area (Å²) in [6, 6.07) is 54.8. The zero-order valence-electron chi connectivity index (χ0n) is 41.0. The summed E-state index contributed by atoms with van der Waals surface area (Å²) in [5, 5.41) is 2.30. The lowest BCUT2D eigenvalue weighted by Gasteiger charge is -2.31. The van der Waals surface area contributed by atoms with E-state index in [0.29, 0.717) is 12.2 Å². The van der Waals surface area contributed by atoms with Gasteiger partial charge in [0, 0.05) is 46.0 Å². The molecule has 0 unspecified atom stereocenters. The van der Waals surface area contributed by atoms with Gasteiger partial charge in [-0.2, -0.15) is 0 Å². The molecule has 342 valence electrons. The Morgan fingerprint density at radius 2 is 1.16 bits per heavy atom. The van der Waals surface area contributed by atoms with Gasteiger partial charge in [-0.3, -0.25) is 4.57 Å². The van der Waals surface area contributed by atoms with Crippen LogP contribution < -0.4 is 14.5 Å². The molecule has 1 aliphatic heterocycles. The van der Waals surface area contributed by atoms with Gasteiger partial charge < -0.3 is 14.5 Å². The Bertz CT molecular complexity index is 3290. The quantitative estimate of drug-likeness (QED) is 0.145. The first-order chi connectivity index (χ1) is 32.6. The molecule has 2 aromatic heterocycles. The lowest BCUT2D eigenvalue weighted by atomic mass is 9.74. The van der Waals surface area contributed by atoms with Gasteiger partial charge in [0.2, 0.25) is 0 Å². The van der Waals surface area contributed by atoms with Crippen molar-refractivity contribution in [1.29, 1.82) is 0 Å². The Balaban J connectivity index is 1.17. The summed E-state index contributed by atoms with van der Waals surface area (Å²) in [6.45, 7) is 23.4. The van der Waals surface area contributed by atoms with Crippen LogP contribution >= 0.6 is 0 Å². The van der Waals surface area contributed by atoms with Crippen molar-refractivity contribution >= 4 is 44.6 Å². The fourth-order valence-electron chi connectivity index (χ4n) is 10.3. The minimum Gasteiger partial charge on any atom is -0.457 e. The number of rotatable bonds is 9. The van der Waals surface area contributed by atoms with E-state index < -0.39 is 0 Å². The Kier molecular flexibility index (Phi) is 11.3. The van der Waals surface area contributed by atoms with E-state index in [9.17, 15) is 0 Å². The number of aromatic nitrogens is 2. The second-order valence-corrected chi connectivity index (χ2v) is 21.0. The minimum atomic E-state index is -0.210. The number of ether oxygens (including phenoxy) is 1. The summed E-state index contributed by atoms with van der Waals surface area (Å²) in [6.07, 6.45) is 1.84. The number of benzene rings is 7. The van der Waals surface area contributed by atoms with Gasteiger partial charge in [0.1, 0.15) is 29.8 Å². The van der Waals surface area contributed by atoms with Gasteiger partial charge in [0.15, 0.2) is 0 Å². The van der Waals surface area contributed by atoms with E-state index in [1.54, 1.807) is 12.1 Å². The molecule has 0 fully saturated rings. The van der Waals surface area contributed by atoms with Crippen LogP contribution in [-0.2, 0) is 10.8 Å². The third kappa shape index (κ3) is 8.00. The molecular weight excluding hydrogens is 836 g/mol. The SMILES string of the molecule is CC(C)c1cc(-c2ccccc2F)cc(C(C)C)c1N1CN(c2cc(Oc3ccc4c5ccccc5n(-c5ccccn5)c4c3)cc(-c3c(C(C)(C)C)cccc3C(C)(C)C)c2)c2ccccc21. The van der Waals surface area contributed by atoms with Gasteiger partial charge in [0.25, 0.3) is 0 Å². The van der Waals surface area contributed by atoms with E-state index in [2.05, 4.69) is 205 Å². The van der Waals surface area contributed by atoms with Gasteiger partial charge in [-0.15, -0.1) is 0 Å². The van der Waals surface area contributed by atoms with Crippen LogP contribution in [0.2, 0.25) is 0 Å². The number of hydrogen-bond donors (Lipinski definition) is 0. The molecule has 9 aromatic rings. The molecule has 10 rings (SSSR count). The van der Waals surface area contributed by atoms with Crippen LogP contribution in [-0.4, -0.2) is 16.2 Å². The molecule has 6 heteroatoms. The maximum atomic E-state index is 15.5. The summed E-state index contributed by atoms with van der Waals surface area (Å²) in [4.78, 5) is 9.70. The number of nitrogens with zero attached hydrogens (tertiary/aromatic N) is 4. The molecule has 0 aliphatic carbocycles. The van der Waals surface area contributed by atoms with Gasteiger partial charge in [0.05, 0.1) is 22.4 Å². The first-order valence-corrected chi connectivity index (χ1v) is 24.1. The molecule has 0 radical (unpaired) electrons. The number of pyridine rings is 1. The minimum absolute atomic E-state index is 0.135. The van der Waals surface area contributed by atoms with Crippen LogP contribution in [0.15, 0.2) is 164 Å². The number of halogens is 1. The third-order valence-electron chi connectivity index (χ3n) is 13.5. The molecule has 68 heavy (non-hydrogen) atoms. The molecule has 0 N–H and O–H groups in total. The summed E-state index contributed by atoms with van der Waals surface area (Å²) in [7, 11) is 0. The van der Waals surface area contributed by atoms with Crippen molar-refractivity contribution in [3.63, 3.8) is 0 Å². The summed E-state index contributed by atoms with van der Waals surface area (Å²) < 4.78 is 24.8. The van der Waals surface area contributed by atoms with Crippen LogP contribution in [0, 0.1) is 5.82 Å². The highest BCUT2D eigenvalue weighted by Gasteiger charge is 2.34. The fraction of sp³-hybridized carbons (Fsp3) is 0.242. The highest BCUT2D eigenvalue weighted by molar-refractivity contribution is 6.09. The van der Waals surface area contributed by atoms with E-state index >= 15 is 4.39 Å². The summed E-state index contributed by atoms with van der Waals surface area (Å²) >= 11 is 0. The zero-order chi connectivity index (χ0) is 47.6. The van der Waals surface area contributed by atoms with Crippen molar-refractivity contribution in [2.75, 3.05) is 16.5 Å². The molecule has 0 amide bonds. The number of anilines is 4. The topological polar surface area (TPSA) is 33.5 Å². The number of hydrogen-bond acceptors (Lipinski definition) is 4. The summed E-state index contributed by atoms with van der Waals surface area (Å²) in [5.41, 5.74) is 15.1. The van der Waals surface area contributed by atoms with Gasteiger partial charge >= 0.3 is 0 Å². The molecule has 0 atom stereocenters. The molecule has 1 aliphatic rings. The molecule has 0 saturated heterocycles. The average Bonchev–Trinajstić information content (AvgIpc) is 3.86. The van der Waals surface area contributed by atoms with Crippen LogP contribution in [0.3, 0.4) is 0 Å². The van der Waals surface area contributed by atoms with Crippen LogP contribution in [0.4, 0.5) is 27.1 Å². The largest absolute Gasteiger partial charge is 0.457 e.